The normalized spacial score (nSPS) is 23.8. The zero-order valence-corrected chi connectivity index (χ0v) is 15.5. The second kappa shape index (κ2) is 12.7. The molecule has 0 amide bonds. The first-order chi connectivity index (χ1) is 9.93. The third-order valence-corrected chi connectivity index (χ3v) is 3.34. The molecular weight excluding hydrogens is 264 g/mol. The molecule has 0 aromatic carbocycles. The van der Waals surface area contributed by atoms with Crippen molar-refractivity contribution < 1.29 is 4.74 Å². The van der Waals surface area contributed by atoms with Crippen LogP contribution in [0.3, 0.4) is 0 Å². The minimum atomic E-state index is 0.301. The number of hydrogen-bond donors (Lipinski definition) is 0. The summed E-state index contributed by atoms with van der Waals surface area (Å²) in [5, 5.41) is 7.35. The van der Waals surface area contributed by atoms with Crippen LogP contribution < -0.4 is 0 Å². The summed E-state index contributed by atoms with van der Waals surface area (Å²) < 4.78 is 5.51. The first-order valence-electron chi connectivity index (χ1n) is 7.91. The van der Waals surface area contributed by atoms with Gasteiger partial charge in [-0.3, -0.25) is 4.90 Å². The van der Waals surface area contributed by atoms with E-state index in [0.717, 1.165) is 11.4 Å². The first-order valence-corrected chi connectivity index (χ1v) is 7.91. The van der Waals surface area contributed by atoms with E-state index in [1.165, 1.54) is 6.33 Å². The Morgan fingerprint density at radius 1 is 1.00 bits per heavy atom. The van der Waals surface area contributed by atoms with Crippen molar-refractivity contribution in [1.82, 2.24) is 20.1 Å². The Labute approximate surface area is 131 Å². The average Bonchev–Trinajstić information content (AvgIpc) is 2.73. The molecule has 0 spiro atoms. The highest BCUT2D eigenvalue weighted by Gasteiger charge is 2.30. The Kier molecular flexibility index (Phi) is 13.4. The Bertz CT molecular complexity index is 327. The molecule has 3 unspecified atom stereocenters. The van der Waals surface area contributed by atoms with Gasteiger partial charge >= 0.3 is 0 Å². The molecule has 1 aliphatic rings. The number of ether oxygens (including phenoxy) is 1. The van der Waals surface area contributed by atoms with E-state index in [4.69, 9.17) is 4.74 Å². The molecule has 0 aliphatic carbocycles. The lowest BCUT2D eigenvalue weighted by atomic mass is 10.2. The fourth-order valence-corrected chi connectivity index (χ4v) is 1.57. The van der Waals surface area contributed by atoms with Crippen molar-refractivity contribution in [2.24, 2.45) is 0 Å². The Hall–Kier alpha value is -1.07. The van der Waals surface area contributed by atoms with Crippen molar-refractivity contribution in [3.05, 3.63) is 17.7 Å². The van der Waals surface area contributed by atoms with Gasteiger partial charge in [0.25, 0.3) is 0 Å². The summed E-state index contributed by atoms with van der Waals surface area (Å²) >= 11 is 0. The van der Waals surface area contributed by atoms with E-state index in [1.807, 2.05) is 41.5 Å². The van der Waals surface area contributed by atoms with Crippen LogP contribution in [0.4, 0.5) is 0 Å². The summed E-state index contributed by atoms with van der Waals surface area (Å²) in [5.74, 6) is 0. The zero-order valence-electron chi connectivity index (χ0n) is 15.5. The fraction of sp³-hybridized carbons (Fsp3) is 0.812. The molecule has 2 heterocycles. The van der Waals surface area contributed by atoms with Crippen LogP contribution >= 0.6 is 0 Å². The van der Waals surface area contributed by atoms with Crippen LogP contribution in [0.15, 0.2) is 6.33 Å². The predicted octanol–water partition coefficient (Wildman–Crippen LogP) is 3.61. The van der Waals surface area contributed by atoms with Gasteiger partial charge in [-0.05, 0) is 41.7 Å². The number of nitrogens with zero attached hydrogens (tertiary/aromatic N) is 4. The van der Waals surface area contributed by atoms with Crippen molar-refractivity contribution in [3.63, 3.8) is 0 Å². The van der Waals surface area contributed by atoms with Gasteiger partial charge in [0.15, 0.2) is 0 Å². The molecule has 124 valence electrons. The van der Waals surface area contributed by atoms with Crippen LogP contribution in [0, 0.1) is 13.8 Å². The zero-order chi connectivity index (χ0) is 17.0. The lowest BCUT2D eigenvalue weighted by Gasteiger charge is -2.16. The lowest BCUT2D eigenvalue weighted by Crippen LogP contribution is -2.30. The molecule has 1 aromatic rings. The van der Waals surface area contributed by atoms with Crippen LogP contribution in [0.5, 0.6) is 0 Å². The highest BCUT2D eigenvalue weighted by atomic mass is 16.5. The quantitative estimate of drug-likeness (QED) is 0.732. The van der Waals surface area contributed by atoms with E-state index in [9.17, 15) is 0 Å². The number of aryl methyl sites for hydroxylation is 2. The van der Waals surface area contributed by atoms with E-state index in [2.05, 4.69) is 47.9 Å². The molecule has 21 heavy (non-hydrogen) atoms. The smallest absolute Gasteiger partial charge is 0.138 e. The molecule has 0 bridgehead atoms. The Morgan fingerprint density at radius 3 is 1.71 bits per heavy atom. The van der Waals surface area contributed by atoms with E-state index in [1.54, 1.807) is 0 Å². The van der Waals surface area contributed by atoms with Crippen molar-refractivity contribution in [3.8, 4) is 0 Å². The molecule has 1 aromatic heterocycles. The molecule has 0 N–H and O–H groups in total. The van der Waals surface area contributed by atoms with Gasteiger partial charge in [-0.25, -0.2) is 4.98 Å². The van der Waals surface area contributed by atoms with Gasteiger partial charge in [0.1, 0.15) is 12.6 Å². The first kappa shape index (κ1) is 22.2. The monoisotopic (exact) mass is 298 g/mol. The van der Waals surface area contributed by atoms with Crippen molar-refractivity contribution in [1.29, 1.82) is 0 Å². The summed E-state index contributed by atoms with van der Waals surface area (Å²) in [6.07, 6.45) is 2.14. The molecule has 5 heteroatoms. The predicted molar refractivity (Wildman–Crippen MR) is 89.2 cm³/mol. The molecule has 1 aliphatic heterocycles. The standard InChI is InChI=1S/C7H15NO.C5H7N3.2C2H6/c1-5-6(2)9-7(3)8(5)4;1-4-5(2)8-7-3-6-4;2*1-2/h5-7H,1-4H3;3H,1-2H3;2*1-2H3. The molecule has 1 fully saturated rings. The second-order valence-corrected chi connectivity index (χ2v) is 4.48. The molecule has 2 rings (SSSR count). The lowest BCUT2D eigenvalue weighted by molar-refractivity contribution is 0.0287. The maximum absolute atomic E-state index is 5.51. The van der Waals surface area contributed by atoms with Crippen LogP contribution in [0.2, 0.25) is 0 Å². The van der Waals surface area contributed by atoms with Gasteiger partial charge in [0, 0.05) is 6.04 Å². The SMILES string of the molecule is CC.CC.CC1OC(C)N(C)C1C.Cc1ncnnc1C. The number of likely N-dealkylation sites (N-methyl/N-ethyl adjacent to an activating group) is 1. The largest absolute Gasteiger partial charge is 0.359 e. The van der Waals surface area contributed by atoms with Gasteiger partial charge in [0.05, 0.1) is 17.5 Å². The van der Waals surface area contributed by atoms with Crippen LogP contribution in [0.25, 0.3) is 0 Å². The number of rotatable bonds is 0. The number of hydrogen-bond acceptors (Lipinski definition) is 5. The molecule has 0 saturated carbocycles. The highest BCUT2D eigenvalue weighted by Crippen LogP contribution is 2.19. The summed E-state index contributed by atoms with van der Waals surface area (Å²) in [7, 11) is 2.10. The second-order valence-electron chi connectivity index (χ2n) is 4.48. The van der Waals surface area contributed by atoms with Gasteiger partial charge < -0.3 is 4.74 Å². The fourth-order valence-electron chi connectivity index (χ4n) is 1.57. The van der Waals surface area contributed by atoms with Crippen molar-refractivity contribution >= 4 is 0 Å². The molecule has 5 nitrogen and oxygen atoms in total. The Morgan fingerprint density at radius 2 is 1.52 bits per heavy atom. The summed E-state index contributed by atoms with van der Waals surface area (Å²) in [4.78, 5) is 6.15. The van der Waals surface area contributed by atoms with E-state index >= 15 is 0 Å². The Balaban J connectivity index is 0. The maximum atomic E-state index is 5.51. The van der Waals surface area contributed by atoms with E-state index in [-0.39, 0.29) is 0 Å². The number of aromatic nitrogens is 3. The van der Waals surface area contributed by atoms with E-state index < -0.39 is 0 Å². The van der Waals surface area contributed by atoms with Crippen LogP contribution in [-0.4, -0.2) is 45.5 Å². The minimum Gasteiger partial charge on any atom is -0.359 e. The maximum Gasteiger partial charge on any atom is 0.138 e. The topological polar surface area (TPSA) is 51.1 Å². The molecule has 1 saturated heterocycles. The van der Waals surface area contributed by atoms with Gasteiger partial charge in [-0.2, -0.15) is 5.10 Å². The van der Waals surface area contributed by atoms with Crippen LogP contribution in [0.1, 0.15) is 59.9 Å². The van der Waals surface area contributed by atoms with E-state index in [0.29, 0.717) is 18.4 Å². The third kappa shape index (κ3) is 8.07. The average molecular weight is 298 g/mol. The van der Waals surface area contributed by atoms with Gasteiger partial charge in [-0.15, -0.1) is 5.10 Å². The summed E-state index contributed by atoms with van der Waals surface area (Å²) in [5.41, 5.74) is 1.84. The third-order valence-electron chi connectivity index (χ3n) is 3.34. The van der Waals surface area contributed by atoms with Crippen molar-refractivity contribution in [2.75, 3.05) is 7.05 Å². The minimum absolute atomic E-state index is 0.301. The molecule has 3 atom stereocenters. The highest BCUT2D eigenvalue weighted by molar-refractivity contribution is 5.01. The van der Waals surface area contributed by atoms with Gasteiger partial charge in [0.2, 0.25) is 0 Å². The summed E-state index contributed by atoms with van der Waals surface area (Å²) in [6.45, 7) is 18.2. The molecule has 0 radical (unpaired) electrons. The molecular formula is C16H34N4O. The summed E-state index contributed by atoms with van der Waals surface area (Å²) in [6, 6.07) is 0.569. The van der Waals surface area contributed by atoms with Crippen molar-refractivity contribution in [2.45, 2.75) is 80.7 Å². The van der Waals surface area contributed by atoms with Gasteiger partial charge in [-0.1, -0.05) is 27.7 Å². The van der Waals surface area contributed by atoms with Crippen LogP contribution in [-0.2, 0) is 4.74 Å².